The van der Waals surface area contributed by atoms with Gasteiger partial charge in [-0.3, -0.25) is 4.79 Å². The summed E-state index contributed by atoms with van der Waals surface area (Å²) in [4.78, 5) is 23.2. The summed E-state index contributed by atoms with van der Waals surface area (Å²) in [6, 6.07) is 11.7. The SMILES string of the molecule is CCN(Cc1ccccc1)C(=O)c1cc(C)nc(NCCOC)n1. The molecule has 1 aromatic heterocycles. The number of hydrogen-bond acceptors (Lipinski definition) is 5. The molecular weight excluding hydrogens is 304 g/mol. The van der Waals surface area contributed by atoms with E-state index < -0.39 is 0 Å². The maximum Gasteiger partial charge on any atom is 0.272 e. The zero-order chi connectivity index (χ0) is 17.4. The Labute approximate surface area is 142 Å². The molecule has 0 fully saturated rings. The third-order valence-corrected chi connectivity index (χ3v) is 3.55. The van der Waals surface area contributed by atoms with Crippen LogP contribution in [0.5, 0.6) is 0 Å². The predicted octanol–water partition coefficient (Wildman–Crippen LogP) is 2.51. The fraction of sp³-hybridized carbons (Fsp3) is 0.389. The fourth-order valence-corrected chi connectivity index (χ4v) is 2.32. The molecule has 1 heterocycles. The lowest BCUT2D eigenvalue weighted by Gasteiger charge is -2.21. The summed E-state index contributed by atoms with van der Waals surface area (Å²) >= 11 is 0. The second kappa shape index (κ2) is 8.98. The second-order valence-electron chi connectivity index (χ2n) is 5.44. The van der Waals surface area contributed by atoms with Crippen molar-refractivity contribution in [3.8, 4) is 0 Å². The topological polar surface area (TPSA) is 67.4 Å². The standard InChI is InChI=1S/C18H24N4O2/c1-4-22(13-15-8-6-5-7-9-15)17(23)16-12-14(2)20-18(21-16)19-10-11-24-3/h5-9,12H,4,10-11,13H2,1-3H3,(H,19,20,21). The number of hydrogen-bond donors (Lipinski definition) is 1. The van der Waals surface area contributed by atoms with Gasteiger partial charge in [-0.05, 0) is 25.5 Å². The molecule has 1 aromatic carbocycles. The van der Waals surface area contributed by atoms with Crippen molar-refractivity contribution in [2.24, 2.45) is 0 Å². The van der Waals surface area contributed by atoms with E-state index in [9.17, 15) is 4.79 Å². The molecule has 0 spiro atoms. The van der Waals surface area contributed by atoms with Gasteiger partial charge in [0, 0.05) is 32.4 Å². The number of anilines is 1. The van der Waals surface area contributed by atoms with Gasteiger partial charge in [-0.2, -0.15) is 0 Å². The van der Waals surface area contributed by atoms with E-state index >= 15 is 0 Å². The Morgan fingerprint density at radius 2 is 2.00 bits per heavy atom. The first kappa shape index (κ1) is 17.9. The van der Waals surface area contributed by atoms with Crippen LogP contribution in [0.25, 0.3) is 0 Å². The molecule has 1 N–H and O–H groups in total. The maximum atomic E-state index is 12.8. The van der Waals surface area contributed by atoms with Crippen LogP contribution in [-0.4, -0.2) is 47.6 Å². The van der Waals surface area contributed by atoms with Gasteiger partial charge in [-0.25, -0.2) is 9.97 Å². The van der Waals surface area contributed by atoms with Gasteiger partial charge in [0.1, 0.15) is 5.69 Å². The van der Waals surface area contributed by atoms with E-state index in [2.05, 4.69) is 15.3 Å². The maximum absolute atomic E-state index is 12.8. The van der Waals surface area contributed by atoms with Gasteiger partial charge in [0.05, 0.1) is 6.61 Å². The Morgan fingerprint density at radius 1 is 1.25 bits per heavy atom. The van der Waals surface area contributed by atoms with E-state index in [-0.39, 0.29) is 5.91 Å². The molecule has 2 aromatic rings. The number of benzene rings is 1. The van der Waals surface area contributed by atoms with Crippen molar-refractivity contribution in [2.45, 2.75) is 20.4 Å². The van der Waals surface area contributed by atoms with Gasteiger partial charge < -0.3 is 15.0 Å². The Kier molecular flexibility index (Phi) is 6.69. The highest BCUT2D eigenvalue weighted by atomic mass is 16.5. The van der Waals surface area contributed by atoms with Crippen molar-refractivity contribution in [1.82, 2.24) is 14.9 Å². The fourth-order valence-electron chi connectivity index (χ4n) is 2.32. The van der Waals surface area contributed by atoms with Crippen molar-refractivity contribution < 1.29 is 9.53 Å². The first-order valence-electron chi connectivity index (χ1n) is 8.05. The average molecular weight is 328 g/mol. The smallest absolute Gasteiger partial charge is 0.272 e. The molecule has 0 aliphatic rings. The number of rotatable bonds is 8. The number of aryl methyl sites for hydroxylation is 1. The first-order chi connectivity index (χ1) is 11.6. The number of amides is 1. The lowest BCUT2D eigenvalue weighted by Crippen LogP contribution is -2.31. The molecule has 0 aliphatic heterocycles. The van der Waals surface area contributed by atoms with E-state index in [4.69, 9.17) is 4.74 Å². The molecule has 0 bridgehead atoms. The zero-order valence-electron chi connectivity index (χ0n) is 14.5. The molecule has 128 valence electrons. The quantitative estimate of drug-likeness (QED) is 0.754. The molecule has 0 aliphatic carbocycles. The summed E-state index contributed by atoms with van der Waals surface area (Å²) in [5.74, 6) is 0.354. The number of carbonyl (C=O) groups is 1. The summed E-state index contributed by atoms with van der Waals surface area (Å²) in [6.45, 7) is 6.14. The van der Waals surface area contributed by atoms with E-state index in [0.29, 0.717) is 37.9 Å². The third kappa shape index (κ3) is 5.03. The number of aromatic nitrogens is 2. The Balaban J connectivity index is 2.14. The highest BCUT2D eigenvalue weighted by molar-refractivity contribution is 5.92. The van der Waals surface area contributed by atoms with E-state index in [1.165, 1.54) is 0 Å². The lowest BCUT2D eigenvalue weighted by molar-refractivity contribution is 0.0746. The lowest BCUT2D eigenvalue weighted by atomic mass is 10.2. The van der Waals surface area contributed by atoms with Gasteiger partial charge >= 0.3 is 0 Å². The van der Waals surface area contributed by atoms with Gasteiger partial charge in [-0.1, -0.05) is 30.3 Å². The van der Waals surface area contributed by atoms with Crippen molar-refractivity contribution in [2.75, 3.05) is 32.1 Å². The molecule has 2 rings (SSSR count). The van der Waals surface area contributed by atoms with E-state index in [1.807, 2.05) is 44.2 Å². The second-order valence-corrected chi connectivity index (χ2v) is 5.44. The van der Waals surface area contributed by atoms with Crippen LogP contribution in [0.4, 0.5) is 5.95 Å². The Morgan fingerprint density at radius 3 is 2.67 bits per heavy atom. The van der Waals surface area contributed by atoms with Gasteiger partial charge in [0.2, 0.25) is 5.95 Å². The highest BCUT2D eigenvalue weighted by Gasteiger charge is 2.17. The molecule has 24 heavy (non-hydrogen) atoms. The minimum absolute atomic E-state index is 0.0957. The highest BCUT2D eigenvalue weighted by Crippen LogP contribution is 2.11. The number of nitrogens with zero attached hydrogens (tertiary/aromatic N) is 3. The average Bonchev–Trinajstić information content (AvgIpc) is 2.60. The molecule has 6 heteroatoms. The van der Waals surface area contributed by atoms with Gasteiger partial charge in [-0.15, -0.1) is 0 Å². The minimum Gasteiger partial charge on any atom is -0.383 e. The number of ether oxygens (including phenoxy) is 1. The largest absolute Gasteiger partial charge is 0.383 e. The van der Waals surface area contributed by atoms with Crippen molar-refractivity contribution in [3.63, 3.8) is 0 Å². The molecule has 6 nitrogen and oxygen atoms in total. The van der Waals surface area contributed by atoms with Gasteiger partial charge in [0.25, 0.3) is 5.91 Å². The van der Waals surface area contributed by atoms with Gasteiger partial charge in [0.15, 0.2) is 0 Å². The van der Waals surface area contributed by atoms with E-state index in [1.54, 1.807) is 18.1 Å². The number of methoxy groups -OCH3 is 1. The summed E-state index contributed by atoms with van der Waals surface area (Å²) in [5, 5.41) is 3.07. The predicted molar refractivity (Wildman–Crippen MR) is 94.0 cm³/mol. The summed E-state index contributed by atoms with van der Waals surface area (Å²) in [6.07, 6.45) is 0. The number of nitrogens with one attached hydrogen (secondary N) is 1. The molecule has 0 saturated carbocycles. The van der Waals surface area contributed by atoms with Crippen molar-refractivity contribution >= 4 is 11.9 Å². The molecule has 1 amide bonds. The summed E-state index contributed by atoms with van der Waals surface area (Å²) in [7, 11) is 1.64. The van der Waals surface area contributed by atoms with E-state index in [0.717, 1.165) is 11.3 Å². The number of carbonyl (C=O) groups excluding carboxylic acids is 1. The van der Waals surface area contributed by atoms with Crippen LogP contribution >= 0.6 is 0 Å². The Hall–Kier alpha value is -2.47. The summed E-state index contributed by atoms with van der Waals surface area (Å²) < 4.78 is 5.00. The van der Waals surface area contributed by atoms with Crippen molar-refractivity contribution in [1.29, 1.82) is 0 Å². The zero-order valence-corrected chi connectivity index (χ0v) is 14.5. The monoisotopic (exact) mass is 328 g/mol. The molecular formula is C18H24N4O2. The van der Waals surface area contributed by atoms with Crippen molar-refractivity contribution in [3.05, 3.63) is 53.3 Å². The third-order valence-electron chi connectivity index (χ3n) is 3.55. The van der Waals surface area contributed by atoms with Crippen LogP contribution in [0.2, 0.25) is 0 Å². The normalized spacial score (nSPS) is 10.5. The van der Waals surface area contributed by atoms with Crippen LogP contribution in [0, 0.1) is 6.92 Å². The van der Waals surface area contributed by atoms with Crippen LogP contribution < -0.4 is 5.32 Å². The Bertz CT molecular complexity index is 661. The minimum atomic E-state index is -0.0957. The van der Waals surface area contributed by atoms with Crippen LogP contribution in [-0.2, 0) is 11.3 Å². The first-order valence-corrected chi connectivity index (χ1v) is 8.05. The molecule has 0 saturated heterocycles. The van der Waals surface area contributed by atoms with Crippen LogP contribution in [0.15, 0.2) is 36.4 Å². The molecule has 0 atom stereocenters. The van der Waals surface area contributed by atoms with Crippen LogP contribution in [0.3, 0.4) is 0 Å². The van der Waals surface area contributed by atoms with Crippen LogP contribution in [0.1, 0.15) is 28.7 Å². The molecule has 0 unspecified atom stereocenters. The summed E-state index contributed by atoms with van der Waals surface area (Å²) in [5.41, 5.74) is 2.25. The molecule has 0 radical (unpaired) electrons.